The third-order valence-corrected chi connectivity index (χ3v) is 4.64. The minimum atomic E-state index is -5.08. The summed E-state index contributed by atoms with van der Waals surface area (Å²) in [5.74, 6) is -1.71. The molecule has 202 valence electrons. The molecule has 0 bridgehead atoms. The van der Waals surface area contributed by atoms with Crippen LogP contribution in [-0.4, -0.2) is 82.1 Å². The number of pyridine rings is 1. The zero-order valence-electron chi connectivity index (χ0n) is 20.5. The first-order chi connectivity index (χ1) is 17.3. The lowest BCUT2D eigenvalue weighted by atomic mass is 10.2. The van der Waals surface area contributed by atoms with Gasteiger partial charge in [0.2, 0.25) is 0 Å². The van der Waals surface area contributed by atoms with Gasteiger partial charge in [-0.15, -0.1) is 0 Å². The second-order valence-corrected chi connectivity index (χ2v) is 8.76. The summed E-state index contributed by atoms with van der Waals surface area (Å²) >= 11 is 0. The van der Waals surface area contributed by atoms with Gasteiger partial charge in [-0.3, -0.25) is 9.88 Å². The molecule has 0 aliphatic carbocycles. The van der Waals surface area contributed by atoms with E-state index in [4.69, 9.17) is 24.1 Å². The summed E-state index contributed by atoms with van der Waals surface area (Å²) in [6, 6.07) is 12.0. The molecule has 1 aromatic carbocycles. The average molecular weight is 527 g/mol. The Kier molecular flexibility index (Phi) is 10.1. The lowest BCUT2D eigenvalue weighted by Gasteiger charge is -2.40. The molecule has 1 aliphatic rings. The van der Waals surface area contributed by atoms with Crippen molar-refractivity contribution in [3.05, 3.63) is 54.9 Å². The van der Waals surface area contributed by atoms with Gasteiger partial charge in [-0.25, -0.2) is 14.4 Å². The van der Waals surface area contributed by atoms with E-state index in [9.17, 15) is 22.8 Å². The van der Waals surface area contributed by atoms with Crippen LogP contribution >= 0.6 is 0 Å². The number of carbonyl (C=O) groups is 3. The quantitative estimate of drug-likeness (QED) is 0.628. The number of hydrogen-bond donors (Lipinski definition) is 1. The van der Waals surface area contributed by atoms with E-state index >= 15 is 0 Å². The number of benzene rings is 1. The van der Waals surface area contributed by atoms with Crippen LogP contribution in [0.5, 0.6) is 11.5 Å². The number of nitrogens with zero attached hydrogens (tertiary/aromatic N) is 3. The second kappa shape index (κ2) is 12.8. The van der Waals surface area contributed by atoms with Gasteiger partial charge in [0.15, 0.2) is 0 Å². The monoisotopic (exact) mass is 527 g/mol. The highest BCUT2D eigenvalue weighted by Crippen LogP contribution is 2.19. The average Bonchev–Trinajstić information content (AvgIpc) is 2.82. The van der Waals surface area contributed by atoms with Crippen molar-refractivity contribution in [1.29, 1.82) is 0 Å². The zero-order valence-corrected chi connectivity index (χ0v) is 20.5. The van der Waals surface area contributed by atoms with E-state index in [1.165, 1.54) is 0 Å². The Morgan fingerprint density at radius 1 is 1.00 bits per heavy atom. The maximum atomic E-state index is 12.8. The molecule has 1 N–H and O–H groups in total. The molecule has 0 saturated carbocycles. The van der Waals surface area contributed by atoms with Gasteiger partial charge < -0.3 is 24.2 Å². The van der Waals surface area contributed by atoms with Crippen LogP contribution in [0.4, 0.5) is 22.8 Å². The lowest BCUT2D eigenvalue weighted by Crippen LogP contribution is -2.59. The van der Waals surface area contributed by atoms with Gasteiger partial charge in [-0.05, 0) is 45.0 Å². The smallest absolute Gasteiger partial charge is 0.490 e. The van der Waals surface area contributed by atoms with Crippen LogP contribution in [0, 0.1) is 0 Å². The molecule has 1 unspecified atom stereocenters. The van der Waals surface area contributed by atoms with E-state index in [0.717, 1.165) is 0 Å². The summed E-state index contributed by atoms with van der Waals surface area (Å²) in [5, 5.41) is 7.12. The third kappa shape index (κ3) is 10.2. The van der Waals surface area contributed by atoms with Crippen LogP contribution in [0.25, 0.3) is 0 Å². The Balaban J connectivity index is 0.000000604. The Hall–Kier alpha value is -4.03. The van der Waals surface area contributed by atoms with Crippen LogP contribution in [0.15, 0.2) is 54.9 Å². The van der Waals surface area contributed by atoms with E-state index in [1.54, 1.807) is 58.6 Å². The first-order valence-corrected chi connectivity index (χ1v) is 11.1. The molecule has 2 aromatic rings. The molecule has 3 rings (SSSR count). The van der Waals surface area contributed by atoms with Crippen LogP contribution in [0.2, 0.25) is 0 Å². The first kappa shape index (κ1) is 29.2. The molecule has 2 amide bonds. The SMILES string of the molecule is CC(C)(C)OC(=O)N1CCN(C(=O)Oc2ccccc2)C(COc2cccnc2)C1.O=C(O)C(F)(F)F. The van der Waals surface area contributed by atoms with Crippen molar-refractivity contribution in [3.63, 3.8) is 0 Å². The van der Waals surface area contributed by atoms with Crippen molar-refractivity contribution < 1.29 is 46.9 Å². The maximum absolute atomic E-state index is 12.8. The van der Waals surface area contributed by atoms with Gasteiger partial charge in [0.1, 0.15) is 23.7 Å². The second-order valence-electron chi connectivity index (χ2n) is 8.76. The topological polar surface area (TPSA) is 119 Å². The molecule has 1 aromatic heterocycles. The normalized spacial score (nSPS) is 15.7. The fourth-order valence-electron chi connectivity index (χ4n) is 3.00. The number of carbonyl (C=O) groups excluding carboxylic acids is 2. The van der Waals surface area contributed by atoms with Gasteiger partial charge in [0.25, 0.3) is 0 Å². The number of para-hydroxylation sites is 1. The number of halogens is 3. The summed E-state index contributed by atoms with van der Waals surface area (Å²) in [6.45, 7) is 6.59. The number of alkyl halides is 3. The summed E-state index contributed by atoms with van der Waals surface area (Å²) in [5.41, 5.74) is -0.595. The van der Waals surface area contributed by atoms with Crippen LogP contribution in [0.1, 0.15) is 20.8 Å². The highest BCUT2D eigenvalue weighted by molar-refractivity contribution is 5.73. The highest BCUT2D eigenvalue weighted by Gasteiger charge is 2.38. The van der Waals surface area contributed by atoms with E-state index < -0.39 is 36.0 Å². The number of ether oxygens (including phenoxy) is 3. The molecule has 2 heterocycles. The molecule has 37 heavy (non-hydrogen) atoms. The molecule has 1 saturated heterocycles. The molecule has 10 nitrogen and oxygen atoms in total. The highest BCUT2D eigenvalue weighted by atomic mass is 19.4. The fourth-order valence-corrected chi connectivity index (χ4v) is 3.00. The van der Waals surface area contributed by atoms with E-state index in [2.05, 4.69) is 4.98 Å². The number of aromatic nitrogens is 1. The third-order valence-electron chi connectivity index (χ3n) is 4.64. The van der Waals surface area contributed by atoms with E-state index in [1.807, 2.05) is 26.8 Å². The van der Waals surface area contributed by atoms with Crippen LogP contribution in [0.3, 0.4) is 0 Å². The largest absolute Gasteiger partial charge is 0.490 e. The molecule has 0 radical (unpaired) electrons. The van der Waals surface area contributed by atoms with Crippen molar-refractivity contribution in [2.24, 2.45) is 0 Å². The van der Waals surface area contributed by atoms with E-state index in [-0.39, 0.29) is 13.2 Å². The van der Waals surface area contributed by atoms with Crippen LogP contribution < -0.4 is 9.47 Å². The summed E-state index contributed by atoms with van der Waals surface area (Å²) < 4.78 is 48.5. The first-order valence-electron chi connectivity index (χ1n) is 11.1. The number of rotatable bonds is 4. The number of piperazine rings is 1. The Morgan fingerprint density at radius 3 is 2.16 bits per heavy atom. The fraction of sp³-hybridized carbons (Fsp3) is 0.417. The van der Waals surface area contributed by atoms with E-state index in [0.29, 0.717) is 24.6 Å². The molecular weight excluding hydrogens is 499 g/mol. The molecular formula is C24H28F3N3O7. The predicted molar refractivity (Wildman–Crippen MR) is 124 cm³/mol. The van der Waals surface area contributed by atoms with Crippen LogP contribution in [-0.2, 0) is 9.53 Å². The molecule has 13 heteroatoms. The molecule has 1 fully saturated rings. The van der Waals surface area contributed by atoms with Gasteiger partial charge in [0.05, 0.1) is 12.2 Å². The Labute approximate surface area is 211 Å². The molecule has 1 atom stereocenters. The number of amides is 2. The van der Waals surface area contributed by atoms with Crippen molar-refractivity contribution in [2.45, 2.75) is 38.6 Å². The van der Waals surface area contributed by atoms with Gasteiger partial charge in [-0.1, -0.05) is 18.2 Å². The van der Waals surface area contributed by atoms with Gasteiger partial charge in [0, 0.05) is 25.8 Å². The minimum absolute atomic E-state index is 0.189. The van der Waals surface area contributed by atoms with Crippen molar-refractivity contribution >= 4 is 18.2 Å². The number of carboxylic acid groups (broad SMARTS) is 1. The lowest BCUT2D eigenvalue weighted by molar-refractivity contribution is -0.192. The predicted octanol–water partition coefficient (Wildman–Crippen LogP) is 4.21. The maximum Gasteiger partial charge on any atom is 0.490 e. The minimum Gasteiger partial charge on any atom is -0.490 e. The zero-order chi connectivity index (χ0) is 27.6. The van der Waals surface area contributed by atoms with Crippen molar-refractivity contribution in [2.75, 3.05) is 26.2 Å². The summed E-state index contributed by atoms with van der Waals surface area (Å²) in [4.78, 5) is 41.4. The Morgan fingerprint density at radius 2 is 1.62 bits per heavy atom. The number of aliphatic carboxylic acids is 1. The standard InChI is InChI=1S/C22H27N3O5.C2HF3O2/c1-22(2,3)30-20(26)24-12-13-25(21(27)29-18-8-5-4-6-9-18)17(15-24)16-28-19-10-7-11-23-14-19;3-2(4,5)1(6)7/h4-11,14,17H,12-13,15-16H2,1-3H3;(H,6,7). The summed E-state index contributed by atoms with van der Waals surface area (Å²) in [6.07, 6.45) is -2.72. The van der Waals surface area contributed by atoms with Crippen molar-refractivity contribution in [3.8, 4) is 11.5 Å². The molecule has 0 spiro atoms. The summed E-state index contributed by atoms with van der Waals surface area (Å²) in [7, 11) is 0. The van der Waals surface area contributed by atoms with Crippen molar-refractivity contribution in [1.82, 2.24) is 14.8 Å². The number of carboxylic acids is 1. The molecule has 1 aliphatic heterocycles. The van der Waals surface area contributed by atoms with Gasteiger partial charge >= 0.3 is 24.3 Å². The Bertz CT molecular complexity index is 1030. The van der Waals surface area contributed by atoms with Gasteiger partial charge in [-0.2, -0.15) is 13.2 Å². The number of hydrogen-bond acceptors (Lipinski definition) is 7.